The number of unbranched alkanes of at least 4 members (excludes halogenated alkanes) is 2. The van der Waals surface area contributed by atoms with E-state index in [0.29, 0.717) is 12.5 Å². The largest absolute Gasteiger partial charge is 0.465 e. The summed E-state index contributed by atoms with van der Waals surface area (Å²) in [4.78, 5) is 23.3. The summed E-state index contributed by atoms with van der Waals surface area (Å²) in [7, 11) is 0. The van der Waals surface area contributed by atoms with Gasteiger partial charge in [-0.1, -0.05) is 19.8 Å². The Bertz CT molecular complexity index is 300. The van der Waals surface area contributed by atoms with Gasteiger partial charge in [-0.2, -0.15) is 0 Å². The maximum absolute atomic E-state index is 12.2. The molecule has 3 nitrogen and oxygen atoms in total. The van der Waals surface area contributed by atoms with Crippen LogP contribution in [0.3, 0.4) is 0 Å². The zero-order valence-corrected chi connectivity index (χ0v) is 10.6. The van der Waals surface area contributed by atoms with Gasteiger partial charge in [0.25, 0.3) is 0 Å². The van der Waals surface area contributed by atoms with Crippen molar-refractivity contribution in [3.05, 3.63) is 0 Å². The van der Waals surface area contributed by atoms with Crippen LogP contribution in [0.2, 0.25) is 0 Å². The van der Waals surface area contributed by atoms with Gasteiger partial charge < -0.3 is 9.53 Å². The lowest BCUT2D eigenvalue weighted by atomic mass is 9.76. The molecule has 0 heterocycles. The summed E-state index contributed by atoms with van der Waals surface area (Å²) < 4.78 is 5.38. The van der Waals surface area contributed by atoms with Gasteiger partial charge in [-0.25, -0.2) is 0 Å². The summed E-state index contributed by atoms with van der Waals surface area (Å²) in [6, 6.07) is 0. The van der Waals surface area contributed by atoms with Crippen LogP contribution in [0, 0.1) is 17.3 Å². The molecule has 2 aliphatic carbocycles. The third kappa shape index (κ3) is 2.24. The number of hydrogen-bond donors (Lipinski definition) is 0. The highest BCUT2D eigenvalue weighted by Crippen LogP contribution is 2.57. The number of hydrogen-bond acceptors (Lipinski definition) is 3. The number of fused-ring (bicyclic) bond motifs is 2. The number of esters is 1. The molecular formula is C14H22O3. The molecule has 3 atom stereocenters. The Hall–Kier alpha value is -0.860. The van der Waals surface area contributed by atoms with E-state index in [1.165, 1.54) is 0 Å². The van der Waals surface area contributed by atoms with E-state index in [9.17, 15) is 9.59 Å². The first-order valence-corrected chi connectivity index (χ1v) is 6.85. The molecule has 0 saturated heterocycles. The average Bonchev–Trinajstić information content (AvgIpc) is 2.92. The Morgan fingerprint density at radius 2 is 2.29 bits per heavy atom. The molecule has 2 bridgehead atoms. The predicted molar refractivity (Wildman–Crippen MR) is 64.4 cm³/mol. The molecule has 3 unspecified atom stereocenters. The zero-order valence-electron chi connectivity index (χ0n) is 10.6. The average molecular weight is 238 g/mol. The Labute approximate surface area is 103 Å². The molecule has 0 N–H and O–H groups in total. The second-order valence-corrected chi connectivity index (χ2v) is 5.59. The van der Waals surface area contributed by atoms with Crippen LogP contribution in [-0.2, 0) is 14.3 Å². The van der Waals surface area contributed by atoms with Gasteiger partial charge in [0, 0.05) is 5.92 Å². The summed E-state index contributed by atoms with van der Waals surface area (Å²) in [6.45, 7) is 2.64. The van der Waals surface area contributed by atoms with Gasteiger partial charge in [0.15, 0.2) is 0 Å². The van der Waals surface area contributed by atoms with E-state index in [4.69, 9.17) is 4.74 Å². The molecule has 17 heavy (non-hydrogen) atoms. The summed E-state index contributed by atoms with van der Waals surface area (Å²) in [6.07, 6.45) is 7.86. The van der Waals surface area contributed by atoms with Crippen molar-refractivity contribution in [2.75, 3.05) is 6.61 Å². The highest BCUT2D eigenvalue weighted by atomic mass is 16.5. The molecule has 3 heteroatoms. The molecule has 2 fully saturated rings. The molecule has 0 aromatic rings. The third-order valence-corrected chi connectivity index (χ3v) is 4.50. The van der Waals surface area contributed by atoms with E-state index >= 15 is 0 Å². The van der Waals surface area contributed by atoms with E-state index in [-0.39, 0.29) is 11.9 Å². The first-order chi connectivity index (χ1) is 8.23. The minimum atomic E-state index is -0.446. The number of carbonyl (C=O) groups excluding carboxylic acids is 2. The number of aldehydes is 1. The second-order valence-electron chi connectivity index (χ2n) is 5.59. The van der Waals surface area contributed by atoms with Gasteiger partial charge in [-0.15, -0.1) is 0 Å². The fourth-order valence-electron chi connectivity index (χ4n) is 3.49. The topological polar surface area (TPSA) is 43.4 Å². The van der Waals surface area contributed by atoms with Gasteiger partial charge in [0.1, 0.15) is 6.29 Å². The predicted octanol–water partition coefficient (Wildman–Crippen LogP) is 2.73. The van der Waals surface area contributed by atoms with Gasteiger partial charge in [0.05, 0.1) is 12.0 Å². The Balaban J connectivity index is 1.90. The first kappa shape index (κ1) is 12.6. The van der Waals surface area contributed by atoms with E-state index in [2.05, 4.69) is 6.92 Å². The molecule has 96 valence electrons. The molecule has 2 saturated carbocycles. The molecule has 0 amide bonds. The van der Waals surface area contributed by atoms with Gasteiger partial charge >= 0.3 is 5.97 Å². The summed E-state index contributed by atoms with van der Waals surface area (Å²) in [5.74, 6) is 0.388. The van der Waals surface area contributed by atoms with Crippen LogP contribution in [0.15, 0.2) is 0 Å². The van der Waals surface area contributed by atoms with Crippen LogP contribution in [0.5, 0.6) is 0 Å². The lowest BCUT2D eigenvalue weighted by Crippen LogP contribution is -2.36. The molecule has 0 spiro atoms. The standard InChI is InChI=1S/C14H22O3/c1-2-3-4-7-17-13(16)14-6-5-11(9-14)8-12(14)10-15/h10-12H,2-9H2,1H3. The van der Waals surface area contributed by atoms with Crippen molar-refractivity contribution in [3.8, 4) is 0 Å². The quantitative estimate of drug-likeness (QED) is 0.406. The fourth-order valence-corrected chi connectivity index (χ4v) is 3.49. The van der Waals surface area contributed by atoms with Gasteiger partial charge in [-0.3, -0.25) is 4.79 Å². The molecular weight excluding hydrogens is 216 g/mol. The highest BCUT2D eigenvalue weighted by Gasteiger charge is 2.57. The van der Waals surface area contributed by atoms with E-state index in [1.54, 1.807) is 0 Å². The van der Waals surface area contributed by atoms with Crippen molar-refractivity contribution < 1.29 is 14.3 Å². The van der Waals surface area contributed by atoms with Crippen molar-refractivity contribution in [2.45, 2.75) is 51.9 Å². The summed E-state index contributed by atoms with van der Waals surface area (Å²) in [5, 5.41) is 0. The van der Waals surface area contributed by atoms with E-state index in [0.717, 1.165) is 51.2 Å². The Morgan fingerprint density at radius 1 is 1.47 bits per heavy atom. The lowest BCUT2D eigenvalue weighted by Gasteiger charge is -2.29. The van der Waals surface area contributed by atoms with Crippen LogP contribution < -0.4 is 0 Å². The first-order valence-electron chi connectivity index (χ1n) is 6.85. The highest BCUT2D eigenvalue weighted by molar-refractivity contribution is 5.82. The Kier molecular flexibility index (Phi) is 3.85. The minimum Gasteiger partial charge on any atom is -0.465 e. The molecule has 2 rings (SSSR count). The van der Waals surface area contributed by atoms with E-state index in [1.807, 2.05) is 0 Å². The van der Waals surface area contributed by atoms with Crippen LogP contribution in [0.25, 0.3) is 0 Å². The molecule has 2 aliphatic rings. The SMILES string of the molecule is CCCCCOC(=O)C12CCC(CC1C=O)C2. The molecule has 0 aromatic heterocycles. The van der Waals surface area contributed by atoms with Crippen LogP contribution in [-0.4, -0.2) is 18.9 Å². The van der Waals surface area contributed by atoms with Crippen molar-refractivity contribution in [1.82, 2.24) is 0 Å². The van der Waals surface area contributed by atoms with Crippen LogP contribution in [0.4, 0.5) is 0 Å². The van der Waals surface area contributed by atoms with Crippen molar-refractivity contribution in [1.29, 1.82) is 0 Å². The third-order valence-electron chi connectivity index (χ3n) is 4.50. The van der Waals surface area contributed by atoms with Crippen LogP contribution in [0.1, 0.15) is 51.9 Å². The summed E-state index contributed by atoms with van der Waals surface area (Å²) in [5.41, 5.74) is -0.446. The Morgan fingerprint density at radius 3 is 2.94 bits per heavy atom. The summed E-state index contributed by atoms with van der Waals surface area (Å²) >= 11 is 0. The molecule has 0 radical (unpaired) electrons. The number of ether oxygens (including phenoxy) is 1. The van der Waals surface area contributed by atoms with E-state index < -0.39 is 5.41 Å². The normalized spacial score (nSPS) is 34.9. The second kappa shape index (κ2) is 5.19. The molecule has 0 aliphatic heterocycles. The van der Waals surface area contributed by atoms with Crippen molar-refractivity contribution in [2.24, 2.45) is 17.3 Å². The maximum Gasteiger partial charge on any atom is 0.312 e. The maximum atomic E-state index is 12.2. The monoisotopic (exact) mass is 238 g/mol. The van der Waals surface area contributed by atoms with Crippen LogP contribution >= 0.6 is 0 Å². The molecule has 0 aromatic carbocycles. The smallest absolute Gasteiger partial charge is 0.312 e. The fraction of sp³-hybridized carbons (Fsp3) is 0.857. The minimum absolute atomic E-state index is 0.0834. The van der Waals surface area contributed by atoms with Crippen molar-refractivity contribution in [3.63, 3.8) is 0 Å². The number of rotatable bonds is 6. The van der Waals surface area contributed by atoms with Gasteiger partial charge in [-0.05, 0) is 38.0 Å². The lowest BCUT2D eigenvalue weighted by molar-refractivity contribution is -0.159. The number of carbonyl (C=O) groups is 2. The van der Waals surface area contributed by atoms with Gasteiger partial charge in [0.2, 0.25) is 0 Å². The van der Waals surface area contributed by atoms with Crippen molar-refractivity contribution >= 4 is 12.3 Å². The zero-order chi connectivity index (χ0) is 12.3.